The Hall–Kier alpha value is -0.830. The molecule has 2 atom stereocenters. The lowest BCUT2D eigenvalue weighted by Crippen LogP contribution is -2.65. The lowest BCUT2D eigenvalue weighted by atomic mass is 9.58. The Morgan fingerprint density at radius 2 is 2.17 bits per heavy atom. The fourth-order valence-electron chi connectivity index (χ4n) is 3.45. The van der Waals surface area contributed by atoms with Crippen molar-refractivity contribution in [3.8, 4) is 0 Å². The van der Waals surface area contributed by atoms with E-state index in [0.717, 1.165) is 37.5 Å². The summed E-state index contributed by atoms with van der Waals surface area (Å²) in [6.07, 6.45) is 5.15. The maximum atomic E-state index is 5.92. The number of nitrogens with zero attached hydrogens (tertiary/aromatic N) is 2. The van der Waals surface area contributed by atoms with Crippen molar-refractivity contribution in [2.75, 3.05) is 13.7 Å². The molecule has 0 aliphatic heterocycles. The molecule has 1 heterocycles. The Kier molecular flexibility index (Phi) is 8.32. The van der Waals surface area contributed by atoms with Gasteiger partial charge in [0, 0.05) is 31.2 Å². The lowest BCUT2D eigenvalue weighted by molar-refractivity contribution is -0.133. The van der Waals surface area contributed by atoms with Crippen LogP contribution in [0.1, 0.15) is 45.7 Å². The minimum Gasteiger partial charge on any atom is -0.378 e. The molecule has 23 heavy (non-hydrogen) atoms. The molecular formula is C16H29IN4O2. The van der Waals surface area contributed by atoms with Crippen LogP contribution in [0.25, 0.3) is 0 Å². The van der Waals surface area contributed by atoms with Crippen LogP contribution in [0, 0.1) is 5.41 Å². The molecule has 1 saturated carbocycles. The number of halogens is 1. The van der Waals surface area contributed by atoms with Crippen LogP contribution in [-0.2, 0) is 11.3 Å². The first-order chi connectivity index (χ1) is 10.7. The van der Waals surface area contributed by atoms with Crippen molar-refractivity contribution in [3.05, 3.63) is 18.0 Å². The molecule has 0 amide bonds. The van der Waals surface area contributed by atoms with E-state index in [-0.39, 0.29) is 29.4 Å². The second-order valence-electron chi connectivity index (χ2n) is 5.73. The molecule has 132 valence electrons. The van der Waals surface area contributed by atoms with E-state index < -0.39 is 0 Å². The molecule has 0 bridgehead atoms. The molecule has 0 radical (unpaired) electrons. The number of hydrogen-bond donors (Lipinski definition) is 2. The molecular weight excluding hydrogens is 407 g/mol. The summed E-state index contributed by atoms with van der Waals surface area (Å²) in [6, 6.07) is 2.24. The van der Waals surface area contributed by atoms with Gasteiger partial charge in [0.2, 0.25) is 0 Å². The number of aliphatic imine (C=N–C) groups is 1. The van der Waals surface area contributed by atoms with Crippen molar-refractivity contribution in [3.63, 3.8) is 0 Å². The smallest absolute Gasteiger partial charge is 0.191 e. The number of guanidine groups is 1. The SMILES string of the molecule is CCOC1CC(NC(=NC)NCc2ccon2)C1(CC)CC.I. The average molecular weight is 436 g/mol. The summed E-state index contributed by atoms with van der Waals surface area (Å²) < 4.78 is 10.8. The maximum absolute atomic E-state index is 5.92. The van der Waals surface area contributed by atoms with Crippen molar-refractivity contribution >= 4 is 29.9 Å². The predicted molar refractivity (Wildman–Crippen MR) is 102 cm³/mol. The summed E-state index contributed by atoms with van der Waals surface area (Å²) in [6.45, 7) is 7.93. The number of ether oxygens (including phenoxy) is 1. The van der Waals surface area contributed by atoms with E-state index in [0.29, 0.717) is 18.7 Å². The van der Waals surface area contributed by atoms with Gasteiger partial charge in [-0.15, -0.1) is 24.0 Å². The summed E-state index contributed by atoms with van der Waals surface area (Å²) in [7, 11) is 1.79. The minimum absolute atomic E-state index is 0. The molecule has 2 rings (SSSR count). The van der Waals surface area contributed by atoms with Crippen LogP contribution < -0.4 is 10.6 Å². The zero-order valence-corrected chi connectivity index (χ0v) is 16.8. The minimum atomic E-state index is 0. The Morgan fingerprint density at radius 1 is 1.43 bits per heavy atom. The Labute approximate surface area is 155 Å². The van der Waals surface area contributed by atoms with E-state index >= 15 is 0 Å². The van der Waals surface area contributed by atoms with Gasteiger partial charge in [0.1, 0.15) is 12.0 Å². The van der Waals surface area contributed by atoms with Gasteiger partial charge in [0.25, 0.3) is 0 Å². The largest absolute Gasteiger partial charge is 0.378 e. The molecule has 7 heteroatoms. The third kappa shape index (κ3) is 4.37. The second kappa shape index (κ2) is 9.46. The zero-order valence-electron chi connectivity index (χ0n) is 14.5. The van der Waals surface area contributed by atoms with Gasteiger partial charge in [-0.3, -0.25) is 4.99 Å². The molecule has 1 aromatic heterocycles. The van der Waals surface area contributed by atoms with Crippen molar-refractivity contribution < 1.29 is 9.26 Å². The molecule has 1 aliphatic rings. The van der Waals surface area contributed by atoms with Gasteiger partial charge in [-0.25, -0.2) is 0 Å². The molecule has 0 aromatic carbocycles. The van der Waals surface area contributed by atoms with Gasteiger partial charge in [-0.2, -0.15) is 0 Å². The van der Waals surface area contributed by atoms with Gasteiger partial charge in [-0.1, -0.05) is 19.0 Å². The third-order valence-electron chi connectivity index (χ3n) is 4.93. The molecule has 0 saturated heterocycles. The van der Waals surface area contributed by atoms with Crippen molar-refractivity contribution in [1.82, 2.24) is 15.8 Å². The van der Waals surface area contributed by atoms with Crippen molar-refractivity contribution in [2.24, 2.45) is 10.4 Å². The highest BCUT2D eigenvalue weighted by molar-refractivity contribution is 14.0. The van der Waals surface area contributed by atoms with E-state index in [4.69, 9.17) is 9.26 Å². The second-order valence-corrected chi connectivity index (χ2v) is 5.73. The van der Waals surface area contributed by atoms with E-state index in [9.17, 15) is 0 Å². The van der Waals surface area contributed by atoms with Gasteiger partial charge in [-0.05, 0) is 26.2 Å². The number of nitrogens with one attached hydrogen (secondary N) is 2. The van der Waals surface area contributed by atoms with Gasteiger partial charge >= 0.3 is 0 Å². The summed E-state index contributed by atoms with van der Waals surface area (Å²) in [5, 5.41) is 10.7. The number of hydrogen-bond acceptors (Lipinski definition) is 4. The fraction of sp³-hybridized carbons (Fsp3) is 0.750. The van der Waals surface area contributed by atoms with E-state index in [1.54, 1.807) is 13.3 Å². The Bertz CT molecular complexity index is 474. The van der Waals surface area contributed by atoms with Crippen LogP contribution in [0.2, 0.25) is 0 Å². The molecule has 1 aromatic rings. The average Bonchev–Trinajstić information content (AvgIpc) is 3.04. The highest BCUT2D eigenvalue weighted by Gasteiger charge is 2.53. The van der Waals surface area contributed by atoms with Gasteiger partial charge in [0.05, 0.1) is 12.6 Å². The lowest BCUT2D eigenvalue weighted by Gasteiger charge is -2.55. The maximum Gasteiger partial charge on any atom is 0.191 e. The molecule has 6 nitrogen and oxygen atoms in total. The van der Waals surface area contributed by atoms with Crippen LogP contribution in [0.4, 0.5) is 0 Å². The zero-order chi connectivity index (χ0) is 16.0. The molecule has 0 spiro atoms. The van der Waals surface area contributed by atoms with E-state index in [1.165, 1.54) is 0 Å². The van der Waals surface area contributed by atoms with Crippen molar-refractivity contribution in [2.45, 2.75) is 58.7 Å². The van der Waals surface area contributed by atoms with Crippen molar-refractivity contribution in [1.29, 1.82) is 0 Å². The number of aromatic nitrogens is 1. The summed E-state index contributed by atoms with van der Waals surface area (Å²) in [5.74, 6) is 0.800. The molecule has 1 aliphatic carbocycles. The predicted octanol–water partition coefficient (Wildman–Crippen LogP) is 2.94. The van der Waals surface area contributed by atoms with Crippen LogP contribution in [0.5, 0.6) is 0 Å². The summed E-state index contributed by atoms with van der Waals surface area (Å²) in [4.78, 5) is 4.31. The first-order valence-electron chi connectivity index (χ1n) is 8.18. The van der Waals surface area contributed by atoms with E-state index in [1.807, 2.05) is 6.07 Å². The highest BCUT2D eigenvalue weighted by Crippen LogP contribution is 2.48. The first kappa shape index (κ1) is 20.2. The Balaban J connectivity index is 0.00000264. The monoisotopic (exact) mass is 436 g/mol. The topological polar surface area (TPSA) is 71.7 Å². The standard InChI is InChI=1S/C16H28N4O2.HI/c1-5-16(6-2)13(10-14(16)21-7-3)19-15(17-4)18-11-12-8-9-22-20-12;/h8-9,13-14H,5-7,10-11H2,1-4H3,(H2,17,18,19);1H. The van der Waals surface area contributed by atoms with Crippen LogP contribution in [0.15, 0.2) is 21.8 Å². The third-order valence-corrected chi connectivity index (χ3v) is 4.93. The molecule has 1 fully saturated rings. The van der Waals surface area contributed by atoms with Crippen LogP contribution >= 0.6 is 24.0 Å². The van der Waals surface area contributed by atoms with E-state index in [2.05, 4.69) is 41.6 Å². The normalized spacial score (nSPS) is 22.9. The summed E-state index contributed by atoms with van der Waals surface area (Å²) >= 11 is 0. The Morgan fingerprint density at radius 3 is 2.70 bits per heavy atom. The first-order valence-corrected chi connectivity index (χ1v) is 8.18. The molecule has 2 N–H and O–H groups in total. The van der Waals surface area contributed by atoms with Crippen LogP contribution in [0.3, 0.4) is 0 Å². The fourth-order valence-corrected chi connectivity index (χ4v) is 3.45. The summed E-state index contributed by atoms with van der Waals surface area (Å²) in [5.41, 5.74) is 1.06. The highest BCUT2D eigenvalue weighted by atomic mass is 127. The molecule has 2 unspecified atom stereocenters. The van der Waals surface area contributed by atoms with Crippen LogP contribution in [-0.4, -0.2) is 36.9 Å². The van der Waals surface area contributed by atoms with Gasteiger partial charge < -0.3 is 19.9 Å². The number of rotatable bonds is 7. The van der Waals surface area contributed by atoms with Gasteiger partial charge in [0.15, 0.2) is 5.96 Å². The quantitative estimate of drug-likeness (QED) is 0.391.